The number of nitrogens with zero attached hydrogens (tertiary/aromatic N) is 3. The van der Waals surface area contributed by atoms with Crippen LogP contribution in [0.3, 0.4) is 0 Å². The highest BCUT2D eigenvalue weighted by Gasteiger charge is 2.08. The summed E-state index contributed by atoms with van der Waals surface area (Å²) in [4.78, 5) is 8.91. The van der Waals surface area contributed by atoms with Crippen molar-refractivity contribution in [3.63, 3.8) is 0 Å². The van der Waals surface area contributed by atoms with Gasteiger partial charge in [0.2, 0.25) is 0 Å². The summed E-state index contributed by atoms with van der Waals surface area (Å²) in [7, 11) is 1.94. The second-order valence-corrected chi connectivity index (χ2v) is 4.48. The van der Waals surface area contributed by atoms with Crippen molar-refractivity contribution in [2.24, 2.45) is 7.05 Å². The Morgan fingerprint density at radius 3 is 2.78 bits per heavy atom. The standard InChI is InChI=1S/C14H14N4/c1-9-3-4-12-10(7-9)11(15)8-13(17-12)14-16-5-6-18(14)2/h3-8H,1-2H3,(H2,15,17). The van der Waals surface area contributed by atoms with Gasteiger partial charge in [0.25, 0.3) is 0 Å². The van der Waals surface area contributed by atoms with E-state index in [1.54, 1.807) is 6.20 Å². The van der Waals surface area contributed by atoms with Gasteiger partial charge in [-0.15, -0.1) is 0 Å². The molecule has 0 saturated heterocycles. The van der Waals surface area contributed by atoms with Gasteiger partial charge in [0.05, 0.1) is 5.52 Å². The van der Waals surface area contributed by atoms with Gasteiger partial charge in [-0.3, -0.25) is 0 Å². The number of rotatable bonds is 1. The predicted octanol–water partition coefficient (Wildman–Crippen LogP) is 2.53. The Hall–Kier alpha value is -2.36. The van der Waals surface area contributed by atoms with Gasteiger partial charge < -0.3 is 10.3 Å². The second kappa shape index (κ2) is 3.84. The van der Waals surface area contributed by atoms with Crippen molar-refractivity contribution in [1.82, 2.24) is 14.5 Å². The first-order valence-electron chi connectivity index (χ1n) is 5.80. The van der Waals surface area contributed by atoms with E-state index >= 15 is 0 Å². The molecule has 3 rings (SSSR count). The van der Waals surface area contributed by atoms with Gasteiger partial charge in [-0.2, -0.15) is 0 Å². The third kappa shape index (κ3) is 1.62. The van der Waals surface area contributed by atoms with E-state index in [1.165, 1.54) is 5.56 Å². The quantitative estimate of drug-likeness (QED) is 0.708. The van der Waals surface area contributed by atoms with Crippen LogP contribution in [0.1, 0.15) is 5.56 Å². The number of benzene rings is 1. The minimum absolute atomic E-state index is 0.738. The molecule has 0 saturated carbocycles. The van der Waals surface area contributed by atoms with E-state index in [2.05, 4.69) is 16.0 Å². The van der Waals surface area contributed by atoms with Gasteiger partial charge in [-0.05, 0) is 25.1 Å². The van der Waals surface area contributed by atoms with Gasteiger partial charge in [0.15, 0.2) is 5.82 Å². The molecule has 90 valence electrons. The average Bonchev–Trinajstić information content (AvgIpc) is 2.76. The maximum Gasteiger partial charge on any atom is 0.158 e. The summed E-state index contributed by atoms with van der Waals surface area (Å²) in [5, 5.41) is 0.993. The summed E-state index contributed by atoms with van der Waals surface area (Å²) in [5.74, 6) is 0.823. The average molecular weight is 238 g/mol. The SMILES string of the molecule is Cc1ccc2nc(-c3nccn3C)cc(N)c2c1. The van der Waals surface area contributed by atoms with Gasteiger partial charge >= 0.3 is 0 Å². The normalized spacial score (nSPS) is 11.0. The lowest BCUT2D eigenvalue weighted by Crippen LogP contribution is -1.97. The minimum Gasteiger partial charge on any atom is -0.398 e. The van der Waals surface area contributed by atoms with Crippen molar-refractivity contribution < 1.29 is 0 Å². The zero-order chi connectivity index (χ0) is 12.7. The smallest absolute Gasteiger partial charge is 0.158 e. The molecule has 0 aliphatic carbocycles. The fourth-order valence-corrected chi connectivity index (χ4v) is 2.09. The summed E-state index contributed by atoms with van der Waals surface area (Å²) in [5.41, 5.74) is 9.73. The van der Waals surface area contributed by atoms with Gasteiger partial charge in [0, 0.05) is 30.5 Å². The van der Waals surface area contributed by atoms with E-state index in [9.17, 15) is 0 Å². The molecule has 18 heavy (non-hydrogen) atoms. The van der Waals surface area contributed by atoms with Crippen LogP contribution in [0, 0.1) is 6.92 Å². The molecule has 0 radical (unpaired) electrons. The third-order valence-electron chi connectivity index (χ3n) is 3.05. The molecule has 2 heterocycles. The number of pyridine rings is 1. The fourth-order valence-electron chi connectivity index (χ4n) is 2.09. The van der Waals surface area contributed by atoms with E-state index in [0.717, 1.165) is 28.1 Å². The minimum atomic E-state index is 0.738. The van der Waals surface area contributed by atoms with Crippen molar-refractivity contribution in [2.45, 2.75) is 6.92 Å². The molecule has 0 unspecified atom stereocenters. The van der Waals surface area contributed by atoms with E-state index < -0.39 is 0 Å². The first kappa shape index (κ1) is 10.8. The first-order valence-corrected chi connectivity index (χ1v) is 5.80. The van der Waals surface area contributed by atoms with Gasteiger partial charge in [-0.1, -0.05) is 11.6 Å². The van der Waals surface area contributed by atoms with Crippen molar-refractivity contribution in [3.8, 4) is 11.5 Å². The van der Waals surface area contributed by atoms with Crippen molar-refractivity contribution in [1.29, 1.82) is 0 Å². The first-order chi connectivity index (χ1) is 8.65. The molecule has 2 aromatic heterocycles. The molecule has 0 aliphatic heterocycles. The van der Waals surface area contributed by atoms with E-state index in [1.807, 2.05) is 42.9 Å². The summed E-state index contributed by atoms with van der Waals surface area (Å²) in [6.45, 7) is 2.05. The molecule has 0 aliphatic rings. The highest BCUT2D eigenvalue weighted by atomic mass is 15.0. The van der Waals surface area contributed by atoms with Crippen LogP contribution in [-0.2, 0) is 7.05 Å². The second-order valence-electron chi connectivity index (χ2n) is 4.48. The molecular weight excluding hydrogens is 224 g/mol. The number of hydrogen-bond acceptors (Lipinski definition) is 3. The number of nitrogen functional groups attached to an aromatic ring is 1. The van der Waals surface area contributed by atoms with Crippen LogP contribution in [-0.4, -0.2) is 14.5 Å². The maximum absolute atomic E-state index is 6.11. The topological polar surface area (TPSA) is 56.7 Å². The number of hydrogen-bond donors (Lipinski definition) is 1. The number of aromatic nitrogens is 3. The van der Waals surface area contributed by atoms with Crippen LogP contribution in [0.5, 0.6) is 0 Å². The van der Waals surface area contributed by atoms with Crippen LogP contribution < -0.4 is 5.73 Å². The number of imidazole rings is 1. The molecule has 3 aromatic rings. The van der Waals surface area contributed by atoms with E-state index in [-0.39, 0.29) is 0 Å². The van der Waals surface area contributed by atoms with Crippen molar-refractivity contribution in [2.75, 3.05) is 5.73 Å². The van der Waals surface area contributed by atoms with Crippen LogP contribution in [0.4, 0.5) is 5.69 Å². The Morgan fingerprint density at radius 1 is 1.22 bits per heavy atom. The molecule has 0 atom stereocenters. The molecule has 0 amide bonds. The summed E-state index contributed by atoms with van der Waals surface area (Å²) in [6.07, 6.45) is 3.65. The van der Waals surface area contributed by atoms with Gasteiger partial charge in [0.1, 0.15) is 5.69 Å². The summed E-state index contributed by atoms with van der Waals surface area (Å²) < 4.78 is 1.93. The Morgan fingerprint density at radius 2 is 2.06 bits per heavy atom. The van der Waals surface area contributed by atoms with Crippen LogP contribution in [0.25, 0.3) is 22.4 Å². The van der Waals surface area contributed by atoms with Crippen LogP contribution in [0.2, 0.25) is 0 Å². The van der Waals surface area contributed by atoms with Crippen LogP contribution >= 0.6 is 0 Å². The molecular formula is C14H14N4. The Bertz CT molecular complexity index is 728. The largest absolute Gasteiger partial charge is 0.398 e. The monoisotopic (exact) mass is 238 g/mol. The summed E-state index contributed by atoms with van der Waals surface area (Å²) >= 11 is 0. The zero-order valence-electron chi connectivity index (χ0n) is 10.4. The number of anilines is 1. The zero-order valence-corrected chi connectivity index (χ0v) is 10.4. The summed E-state index contributed by atoms with van der Waals surface area (Å²) in [6, 6.07) is 7.97. The molecule has 1 aromatic carbocycles. The molecule has 2 N–H and O–H groups in total. The molecule has 0 spiro atoms. The Kier molecular flexibility index (Phi) is 2.30. The van der Waals surface area contributed by atoms with E-state index in [4.69, 9.17) is 5.73 Å². The maximum atomic E-state index is 6.11. The molecule has 0 fully saturated rings. The van der Waals surface area contributed by atoms with Crippen LogP contribution in [0.15, 0.2) is 36.7 Å². The lowest BCUT2D eigenvalue weighted by Gasteiger charge is -2.07. The number of nitrogens with two attached hydrogens (primary N) is 1. The molecule has 4 nitrogen and oxygen atoms in total. The highest BCUT2D eigenvalue weighted by molar-refractivity contribution is 5.92. The van der Waals surface area contributed by atoms with Crippen molar-refractivity contribution in [3.05, 3.63) is 42.2 Å². The highest BCUT2D eigenvalue weighted by Crippen LogP contribution is 2.25. The lowest BCUT2D eigenvalue weighted by atomic mass is 10.1. The lowest BCUT2D eigenvalue weighted by molar-refractivity contribution is 0.919. The third-order valence-corrected chi connectivity index (χ3v) is 3.05. The number of aryl methyl sites for hydroxylation is 2. The molecule has 4 heteroatoms. The van der Waals surface area contributed by atoms with E-state index in [0.29, 0.717) is 0 Å². The fraction of sp³-hybridized carbons (Fsp3) is 0.143. The Balaban J connectivity index is 2.28. The predicted molar refractivity (Wildman–Crippen MR) is 73.1 cm³/mol. The Labute approximate surface area is 105 Å². The van der Waals surface area contributed by atoms with Gasteiger partial charge in [-0.25, -0.2) is 9.97 Å². The van der Waals surface area contributed by atoms with Crippen molar-refractivity contribution >= 4 is 16.6 Å². The number of fused-ring (bicyclic) bond motifs is 1. The molecule has 0 bridgehead atoms.